The number of halogens is 1. The lowest BCUT2D eigenvalue weighted by atomic mass is 10.1. The number of fused-ring (bicyclic) bond motifs is 1. The van der Waals surface area contributed by atoms with E-state index in [4.69, 9.17) is 0 Å². The van der Waals surface area contributed by atoms with Crippen molar-refractivity contribution in [2.75, 3.05) is 19.0 Å². The smallest absolute Gasteiger partial charge is 0.130 e. The minimum Gasteiger partial charge on any atom is -0.363 e. The summed E-state index contributed by atoms with van der Waals surface area (Å²) in [7, 11) is 6.02. The normalized spacial score (nSPS) is 16.9. The summed E-state index contributed by atoms with van der Waals surface area (Å²) in [5, 5.41) is 8.09. The van der Waals surface area contributed by atoms with Gasteiger partial charge in [0.05, 0.1) is 5.69 Å². The Labute approximate surface area is 130 Å². The van der Waals surface area contributed by atoms with E-state index in [2.05, 4.69) is 15.3 Å². The lowest BCUT2D eigenvalue weighted by molar-refractivity contribution is 0.529. The van der Waals surface area contributed by atoms with Crippen LogP contribution in [0.1, 0.15) is 34.8 Å². The van der Waals surface area contributed by atoms with Crippen LogP contribution in [0.5, 0.6) is 0 Å². The molecule has 1 aromatic carbocycles. The highest BCUT2D eigenvalue weighted by Gasteiger charge is 2.25. The van der Waals surface area contributed by atoms with Crippen molar-refractivity contribution in [2.24, 2.45) is 7.05 Å². The van der Waals surface area contributed by atoms with E-state index in [9.17, 15) is 4.39 Å². The van der Waals surface area contributed by atoms with E-state index < -0.39 is 0 Å². The fourth-order valence-corrected chi connectivity index (χ4v) is 3.50. The SMILES string of the molecule is Cc1nn(C)c(N(C)C)c1CNC1CCc2c(F)cccc21. The summed E-state index contributed by atoms with van der Waals surface area (Å²) in [6.45, 7) is 2.78. The average molecular weight is 302 g/mol. The second-order valence-corrected chi connectivity index (χ2v) is 6.19. The fraction of sp³-hybridized carbons (Fsp3) is 0.471. The van der Waals surface area contributed by atoms with Gasteiger partial charge < -0.3 is 10.2 Å². The Kier molecular flexibility index (Phi) is 3.91. The van der Waals surface area contributed by atoms with Crippen molar-refractivity contribution in [1.29, 1.82) is 0 Å². The molecule has 1 aliphatic rings. The topological polar surface area (TPSA) is 33.1 Å². The zero-order chi connectivity index (χ0) is 15.9. The molecule has 1 heterocycles. The third-order valence-electron chi connectivity index (χ3n) is 4.48. The summed E-state index contributed by atoms with van der Waals surface area (Å²) >= 11 is 0. The lowest BCUT2D eigenvalue weighted by Gasteiger charge is -2.18. The molecule has 0 fully saturated rings. The summed E-state index contributed by atoms with van der Waals surface area (Å²) in [5.74, 6) is 1.04. The number of anilines is 1. The van der Waals surface area contributed by atoms with Gasteiger partial charge in [-0.25, -0.2) is 4.39 Å². The van der Waals surface area contributed by atoms with Crippen molar-refractivity contribution in [3.63, 3.8) is 0 Å². The zero-order valence-corrected chi connectivity index (χ0v) is 13.7. The number of aromatic nitrogens is 2. The van der Waals surface area contributed by atoms with Crippen LogP contribution in [-0.2, 0) is 20.0 Å². The summed E-state index contributed by atoms with van der Waals surface area (Å²) in [4.78, 5) is 2.08. The molecule has 1 aliphatic carbocycles. The molecular weight excluding hydrogens is 279 g/mol. The van der Waals surface area contributed by atoms with Crippen molar-refractivity contribution in [2.45, 2.75) is 32.4 Å². The van der Waals surface area contributed by atoms with Crippen LogP contribution in [0.15, 0.2) is 18.2 Å². The van der Waals surface area contributed by atoms with Crippen LogP contribution in [-0.4, -0.2) is 23.9 Å². The van der Waals surface area contributed by atoms with Crippen molar-refractivity contribution < 1.29 is 4.39 Å². The summed E-state index contributed by atoms with van der Waals surface area (Å²) in [6, 6.07) is 5.61. The first-order valence-electron chi connectivity index (χ1n) is 7.69. The molecular formula is C17H23FN4. The highest BCUT2D eigenvalue weighted by atomic mass is 19.1. The molecule has 0 saturated heterocycles. The lowest BCUT2D eigenvalue weighted by Crippen LogP contribution is -2.21. The fourth-order valence-electron chi connectivity index (χ4n) is 3.50. The van der Waals surface area contributed by atoms with Gasteiger partial charge >= 0.3 is 0 Å². The average Bonchev–Trinajstić information content (AvgIpc) is 2.98. The van der Waals surface area contributed by atoms with E-state index >= 15 is 0 Å². The molecule has 118 valence electrons. The minimum atomic E-state index is -0.0756. The maximum absolute atomic E-state index is 13.8. The molecule has 0 bridgehead atoms. The van der Waals surface area contributed by atoms with Crippen LogP contribution in [0.25, 0.3) is 0 Å². The standard InChI is InChI=1S/C17H23FN4/c1-11-14(17(21(2)3)22(4)20-11)10-19-16-9-8-12-13(16)6-5-7-15(12)18/h5-7,16,19H,8-10H2,1-4H3. The number of nitrogens with one attached hydrogen (secondary N) is 1. The number of rotatable bonds is 4. The summed E-state index contributed by atoms with van der Waals surface area (Å²) < 4.78 is 15.7. The largest absolute Gasteiger partial charge is 0.363 e. The molecule has 1 N–H and O–H groups in total. The Hall–Kier alpha value is -1.88. The molecule has 3 rings (SSSR count). The molecule has 22 heavy (non-hydrogen) atoms. The second kappa shape index (κ2) is 5.72. The number of nitrogens with zero attached hydrogens (tertiary/aromatic N) is 3. The molecule has 0 saturated carbocycles. The van der Waals surface area contributed by atoms with Gasteiger partial charge in [-0.15, -0.1) is 0 Å². The van der Waals surface area contributed by atoms with Crippen LogP contribution >= 0.6 is 0 Å². The number of hydrogen-bond donors (Lipinski definition) is 1. The zero-order valence-electron chi connectivity index (χ0n) is 13.7. The van der Waals surface area contributed by atoms with Gasteiger partial charge in [0.15, 0.2) is 0 Å². The Bertz CT molecular complexity index is 690. The van der Waals surface area contributed by atoms with E-state index in [1.165, 1.54) is 5.56 Å². The van der Waals surface area contributed by atoms with Crippen molar-refractivity contribution in [3.05, 3.63) is 46.4 Å². The third-order valence-corrected chi connectivity index (χ3v) is 4.48. The van der Waals surface area contributed by atoms with Gasteiger partial charge in [-0.3, -0.25) is 4.68 Å². The predicted octanol–water partition coefficient (Wildman–Crippen LogP) is 2.71. The second-order valence-electron chi connectivity index (χ2n) is 6.19. The van der Waals surface area contributed by atoms with Gasteiger partial charge in [-0.1, -0.05) is 12.1 Å². The molecule has 1 aromatic heterocycles. The molecule has 1 unspecified atom stereocenters. The first-order valence-corrected chi connectivity index (χ1v) is 7.69. The Morgan fingerprint density at radius 3 is 2.91 bits per heavy atom. The van der Waals surface area contributed by atoms with E-state index in [1.807, 2.05) is 38.8 Å². The first-order chi connectivity index (χ1) is 10.5. The van der Waals surface area contributed by atoms with Gasteiger partial charge in [0.2, 0.25) is 0 Å². The highest BCUT2D eigenvalue weighted by Crippen LogP contribution is 2.33. The maximum Gasteiger partial charge on any atom is 0.130 e. The van der Waals surface area contributed by atoms with Gasteiger partial charge in [-0.05, 0) is 37.0 Å². The van der Waals surface area contributed by atoms with Crippen LogP contribution in [0.4, 0.5) is 10.2 Å². The van der Waals surface area contributed by atoms with Gasteiger partial charge in [0.1, 0.15) is 11.6 Å². The van der Waals surface area contributed by atoms with Crippen molar-refractivity contribution in [1.82, 2.24) is 15.1 Å². The Balaban J connectivity index is 1.80. The van der Waals surface area contributed by atoms with Gasteiger partial charge in [-0.2, -0.15) is 5.10 Å². The number of aryl methyl sites for hydroxylation is 2. The van der Waals surface area contributed by atoms with Gasteiger partial charge in [0, 0.05) is 39.3 Å². The molecule has 0 aliphatic heterocycles. The van der Waals surface area contributed by atoms with Crippen molar-refractivity contribution in [3.8, 4) is 0 Å². The summed E-state index contributed by atoms with van der Waals surface area (Å²) in [5.41, 5.74) is 4.22. The van der Waals surface area contributed by atoms with E-state index in [1.54, 1.807) is 12.1 Å². The van der Waals surface area contributed by atoms with E-state index in [-0.39, 0.29) is 11.9 Å². The predicted molar refractivity (Wildman–Crippen MR) is 86.6 cm³/mol. The molecule has 0 spiro atoms. The maximum atomic E-state index is 13.8. The molecule has 0 amide bonds. The van der Waals surface area contributed by atoms with Crippen molar-refractivity contribution >= 4 is 5.82 Å². The van der Waals surface area contributed by atoms with Crippen LogP contribution < -0.4 is 10.2 Å². The third kappa shape index (κ3) is 2.50. The number of benzene rings is 1. The van der Waals surface area contributed by atoms with E-state index in [0.29, 0.717) is 0 Å². The van der Waals surface area contributed by atoms with Crippen LogP contribution in [0.3, 0.4) is 0 Å². The van der Waals surface area contributed by atoms with Crippen LogP contribution in [0.2, 0.25) is 0 Å². The summed E-state index contributed by atoms with van der Waals surface area (Å²) in [6.07, 6.45) is 1.76. The molecule has 4 nitrogen and oxygen atoms in total. The minimum absolute atomic E-state index is 0.0756. The molecule has 1 atom stereocenters. The van der Waals surface area contributed by atoms with Gasteiger partial charge in [0.25, 0.3) is 0 Å². The van der Waals surface area contributed by atoms with Crippen LogP contribution in [0, 0.1) is 12.7 Å². The Morgan fingerprint density at radius 2 is 2.18 bits per heavy atom. The molecule has 0 radical (unpaired) electrons. The quantitative estimate of drug-likeness (QED) is 0.942. The monoisotopic (exact) mass is 302 g/mol. The molecule has 2 aromatic rings. The first kappa shape index (κ1) is 15.0. The number of hydrogen-bond acceptors (Lipinski definition) is 3. The highest BCUT2D eigenvalue weighted by molar-refractivity contribution is 5.49. The van der Waals surface area contributed by atoms with E-state index in [0.717, 1.165) is 42.0 Å². The molecule has 5 heteroatoms. The Morgan fingerprint density at radius 1 is 1.41 bits per heavy atom.